The Bertz CT molecular complexity index is 1520. The first-order chi connectivity index (χ1) is 16.4. The van der Waals surface area contributed by atoms with E-state index in [0.717, 1.165) is 11.6 Å². The number of hydrogen-bond acceptors (Lipinski definition) is 6. The maximum absolute atomic E-state index is 15.0. The highest BCUT2D eigenvalue weighted by Crippen LogP contribution is 2.38. The van der Waals surface area contributed by atoms with Gasteiger partial charge in [0.05, 0.1) is 35.3 Å². The Morgan fingerprint density at radius 2 is 2.12 bits per heavy atom. The van der Waals surface area contributed by atoms with Gasteiger partial charge in [0, 0.05) is 43.1 Å². The lowest BCUT2D eigenvalue weighted by Crippen LogP contribution is -2.23. The average Bonchev–Trinajstić information content (AvgIpc) is 3.28. The maximum Gasteiger partial charge on any atom is 0.277 e. The Morgan fingerprint density at radius 1 is 1.29 bits per heavy atom. The molecule has 0 aliphatic carbocycles. The first-order valence-corrected chi connectivity index (χ1v) is 11.1. The van der Waals surface area contributed by atoms with Crippen LogP contribution in [0.1, 0.15) is 47.4 Å². The molecule has 1 aliphatic rings. The van der Waals surface area contributed by atoms with Crippen LogP contribution in [-0.2, 0) is 11.8 Å². The van der Waals surface area contributed by atoms with E-state index in [1.165, 1.54) is 16.5 Å². The fourth-order valence-corrected chi connectivity index (χ4v) is 4.44. The summed E-state index contributed by atoms with van der Waals surface area (Å²) in [5.74, 6) is -0.664. The number of hydrogen-bond donors (Lipinski definition) is 0. The van der Waals surface area contributed by atoms with Crippen molar-refractivity contribution in [2.45, 2.75) is 31.8 Å². The Hall–Kier alpha value is -3.61. The van der Waals surface area contributed by atoms with Crippen LogP contribution in [0, 0.1) is 24.1 Å². The largest absolute Gasteiger partial charge is 0.373 e. The van der Waals surface area contributed by atoms with Crippen LogP contribution in [0.3, 0.4) is 0 Å². The van der Waals surface area contributed by atoms with Gasteiger partial charge in [-0.1, -0.05) is 11.6 Å². The number of benzene rings is 1. The highest BCUT2D eigenvalue weighted by atomic mass is 35.5. The zero-order chi connectivity index (χ0) is 24.0. The molecular formula is C24H20ClFN6O2. The summed E-state index contributed by atoms with van der Waals surface area (Å²) < 4.78 is 24.0. The van der Waals surface area contributed by atoms with Crippen LogP contribution in [-0.4, -0.2) is 30.8 Å². The van der Waals surface area contributed by atoms with Crippen molar-refractivity contribution < 1.29 is 9.13 Å². The lowest BCUT2D eigenvalue weighted by atomic mass is 9.90. The molecule has 1 saturated heterocycles. The number of halogens is 2. The molecule has 0 spiro atoms. The van der Waals surface area contributed by atoms with Crippen molar-refractivity contribution in [1.29, 1.82) is 5.26 Å². The highest BCUT2D eigenvalue weighted by Gasteiger charge is 2.29. The van der Waals surface area contributed by atoms with Gasteiger partial charge in [-0.25, -0.2) is 14.4 Å². The van der Waals surface area contributed by atoms with E-state index in [-0.39, 0.29) is 39.5 Å². The molecule has 0 amide bonds. The summed E-state index contributed by atoms with van der Waals surface area (Å²) in [5, 5.41) is 13.3. The fourth-order valence-electron chi connectivity index (χ4n) is 4.30. The predicted octanol–water partition coefficient (Wildman–Crippen LogP) is 4.10. The second-order valence-electron chi connectivity index (χ2n) is 8.36. The van der Waals surface area contributed by atoms with Gasteiger partial charge in [0.2, 0.25) is 0 Å². The molecule has 4 heterocycles. The number of nitriles is 1. The van der Waals surface area contributed by atoms with Gasteiger partial charge in [-0.2, -0.15) is 10.4 Å². The third-order valence-corrected chi connectivity index (χ3v) is 6.53. The number of aromatic nitrogens is 5. The van der Waals surface area contributed by atoms with Crippen LogP contribution in [0.15, 0.2) is 41.6 Å². The van der Waals surface area contributed by atoms with E-state index < -0.39 is 11.4 Å². The Balaban J connectivity index is 1.67. The minimum absolute atomic E-state index is 0.00103. The third-order valence-electron chi connectivity index (χ3n) is 6.09. The van der Waals surface area contributed by atoms with E-state index in [0.29, 0.717) is 30.8 Å². The molecule has 1 aliphatic heterocycles. The number of fused-ring (bicyclic) bond motifs is 1. The first-order valence-electron chi connectivity index (χ1n) is 10.7. The average molecular weight is 479 g/mol. The Kier molecular flexibility index (Phi) is 5.63. The Labute approximate surface area is 199 Å². The molecule has 2 unspecified atom stereocenters. The zero-order valence-electron chi connectivity index (χ0n) is 18.5. The molecule has 8 nitrogen and oxygen atoms in total. The van der Waals surface area contributed by atoms with Gasteiger partial charge >= 0.3 is 0 Å². The number of rotatable bonds is 3. The second-order valence-corrected chi connectivity index (χ2v) is 8.74. The smallest absolute Gasteiger partial charge is 0.277 e. The van der Waals surface area contributed by atoms with Crippen molar-refractivity contribution in [2.75, 3.05) is 6.61 Å². The molecule has 34 heavy (non-hydrogen) atoms. The molecule has 1 aromatic carbocycles. The molecular weight excluding hydrogens is 459 g/mol. The summed E-state index contributed by atoms with van der Waals surface area (Å²) in [5.41, 5.74) is 2.24. The van der Waals surface area contributed by atoms with E-state index in [4.69, 9.17) is 26.6 Å². The molecule has 0 bridgehead atoms. The van der Waals surface area contributed by atoms with Crippen LogP contribution < -0.4 is 5.56 Å². The first kappa shape index (κ1) is 22.2. The second kappa shape index (κ2) is 8.63. The van der Waals surface area contributed by atoms with Crippen molar-refractivity contribution in [2.24, 2.45) is 7.05 Å². The van der Waals surface area contributed by atoms with Crippen LogP contribution in [0.25, 0.3) is 16.9 Å². The van der Waals surface area contributed by atoms with Crippen LogP contribution in [0.5, 0.6) is 0 Å². The topological polar surface area (TPSA) is 98.1 Å². The molecule has 10 heteroatoms. The van der Waals surface area contributed by atoms with Crippen molar-refractivity contribution >= 4 is 17.2 Å². The van der Waals surface area contributed by atoms with Crippen LogP contribution >= 0.6 is 11.6 Å². The van der Waals surface area contributed by atoms with Crippen molar-refractivity contribution in [3.63, 3.8) is 0 Å². The maximum atomic E-state index is 15.0. The molecule has 4 aromatic rings. The molecule has 0 radical (unpaired) electrons. The lowest BCUT2D eigenvalue weighted by molar-refractivity contribution is 0.00455. The number of nitrogens with zero attached hydrogens (tertiary/aromatic N) is 6. The summed E-state index contributed by atoms with van der Waals surface area (Å²) in [6.45, 7) is 2.12. The monoisotopic (exact) mass is 478 g/mol. The van der Waals surface area contributed by atoms with E-state index in [1.54, 1.807) is 24.0 Å². The minimum atomic E-state index is -0.618. The van der Waals surface area contributed by atoms with E-state index in [1.807, 2.05) is 19.3 Å². The van der Waals surface area contributed by atoms with Gasteiger partial charge in [-0.05, 0) is 38.0 Å². The number of ether oxygens (including phenoxy) is 1. The molecule has 0 saturated carbocycles. The summed E-state index contributed by atoms with van der Waals surface area (Å²) in [6.07, 6.45) is 6.46. The van der Waals surface area contributed by atoms with Gasteiger partial charge in [0.25, 0.3) is 5.56 Å². The predicted molar refractivity (Wildman–Crippen MR) is 123 cm³/mol. The normalized spacial score (nSPS) is 18.2. The van der Waals surface area contributed by atoms with Gasteiger partial charge in [-0.3, -0.25) is 13.9 Å². The molecule has 5 rings (SSSR count). The van der Waals surface area contributed by atoms with E-state index >= 15 is 4.39 Å². The summed E-state index contributed by atoms with van der Waals surface area (Å²) in [4.78, 5) is 22.3. The standard InChI is InChI=1S/C24H20ClFN6O2/c1-13-21(25)24(33)32-12-19(15-5-6-34-20(8-15)16-10-28-31(2)11-16)30-22(23(32)29-13)17-4-3-14(9-27)7-18(17)26/h3-4,7,10-12,15,20H,5-6,8H2,1-2H3. The minimum Gasteiger partial charge on any atom is -0.373 e. The van der Waals surface area contributed by atoms with Crippen molar-refractivity contribution in [1.82, 2.24) is 24.1 Å². The Morgan fingerprint density at radius 3 is 2.82 bits per heavy atom. The van der Waals surface area contributed by atoms with E-state index in [9.17, 15) is 4.79 Å². The molecule has 1 fully saturated rings. The van der Waals surface area contributed by atoms with Crippen LogP contribution in [0.4, 0.5) is 4.39 Å². The number of aryl methyl sites for hydroxylation is 2. The molecule has 3 aromatic heterocycles. The fraction of sp³-hybridized carbons (Fsp3) is 0.292. The lowest BCUT2D eigenvalue weighted by Gasteiger charge is -2.29. The van der Waals surface area contributed by atoms with Gasteiger partial charge in [0.1, 0.15) is 16.5 Å². The van der Waals surface area contributed by atoms with Gasteiger partial charge in [0.15, 0.2) is 5.65 Å². The summed E-state index contributed by atoms with van der Waals surface area (Å²) in [6, 6.07) is 6.07. The quantitative estimate of drug-likeness (QED) is 0.439. The van der Waals surface area contributed by atoms with Crippen molar-refractivity contribution in [3.8, 4) is 17.3 Å². The van der Waals surface area contributed by atoms with E-state index in [2.05, 4.69) is 10.1 Å². The highest BCUT2D eigenvalue weighted by molar-refractivity contribution is 6.31. The SMILES string of the molecule is Cc1nc2c(-c3ccc(C#N)cc3F)nc(C3CCOC(c4cnn(C)c4)C3)cn2c(=O)c1Cl. The van der Waals surface area contributed by atoms with Gasteiger partial charge < -0.3 is 4.74 Å². The summed E-state index contributed by atoms with van der Waals surface area (Å²) in [7, 11) is 1.85. The molecule has 172 valence electrons. The molecule has 0 N–H and O–H groups in total. The van der Waals surface area contributed by atoms with Gasteiger partial charge in [-0.15, -0.1) is 0 Å². The van der Waals surface area contributed by atoms with Crippen molar-refractivity contribution in [3.05, 3.63) is 80.5 Å². The van der Waals surface area contributed by atoms with Crippen LogP contribution in [0.2, 0.25) is 5.02 Å². The third kappa shape index (κ3) is 3.85. The molecule has 2 atom stereocenters. The summed E-state index contributed by atoms with van der Waals surface area (Å²) >= 11 is 6.21. The zero-order valence-corrected chi connectivity index (χ0v) is 19.3.